The number of amides is 1. The number of hydrazone groups is 1. The molecule has 0 aromatic heterocycles. The van der Waals surface area contributed by atoms with Crippen LogP contribution < -0.4 is 10.7 Å². The number of nitrogens with zero attached hydrogens (tertiary/aromatic N) is 2. The molecule has 24 heavy (non-hydrogen) atoms. The number of nitro benzene ring substituents is 1. The molecule has 7 heteroatoms. The highest BCUT2D eigenvalue weighted by atomic mass is 16.6. The van der Waals surface area contributed by atoms with Gasteiger partial charge in [0.05, 0.1) is 17.7 Å². The van der Waals surface area contributed by atoms with Crippen molar-refractivity contribution in [2.24, 2.45) is 5.10 Å². The normalized spacial score (nSPS) is 10.6. The molecule has 0 unspecified atom stereocenters. The first-order chi connectivity index (χ1) is 11.5. The zero-order valence-electron chi connectivity index (χ0n) is 13.4. The van der Waals surface area contributed by atoms with Crippen LogP contribution in [0.4, 0.5) is 11.4 Å². The van der Waals surface area contributed by atoms with E-state index in [2.05, 4.69) is 15.8 Å². The molecular formula is C17H18N4O3. The number of aryl methyl sites for hydroxylation is 2. The number of rotatable bonds is 6. The Morgan fingerprint density at radius 3 is 2.54 bits per heavy atom. The van der Waals surface area contributed by atoms with E-state index in [9.17, 15) is 14.9 Å². The molecule has 0 spiro atoms. The maximum Gasteiger partial charge on any atom is 0.269 e. The average molecular weight is 326 g/mol. The molecule has 0 aliphatic carbocycles. The Hall–Kier alpha value is -3.22. The highest BCUT2D eigenvalue weighted by Gasteiger charge is 2.04. The molecular weight excluding hydrogens is 308 g/mol. The summed E-state index contributed by atoms with van der Waals surface area (Å²) in [6, 6.07) is 11.8. The van der Waals surface area contributed by atoms with Crippen LogP contribution >= 0.6 is 0 Å². The summed E-state index contributed by atoms with van der Waals surface area (Å²) in [5.74, 6) is -0.284. The van der Waals surface area contributed by atoms with Crippen molar-refractivity contribution in [1.82, 2.24) is 5.43 Å². The van der Waals surface area contributed by atoms with Gasteiger partial charge < -0.3 is 5.32 Å². The number of nitro groups is 1. The SMILES string of the molecule is Cc1ccc(NCC(=O)NN=Cc2ccc([N+](=O)[O-])cc2)c(C)c1. The predicted octanol–water partition coefficient (Wildman–Crippen LogP) is 2.77. The quantitative estimate of drug-likeness (QED) is 0.484. The molecule has 0 saturated heterocycles. The third kappa shape index (κ3) is 4.91. The van der Waals surface area contributed by atoms with Gasteiger partial charge in [-0.2, -0.15) is 5.10 Å². The van der Waals surface area contributed by atoms with E-state index in [4.69, 9.17) is 0 Å². The molecule has 1 amide bonds. The van der Waals surface area contributed by atoms with Crippen LogP contribution in [0.25, 0.3) is 0 Å². The van der Waals surface area contributed by atoms with Gasteiger partial charge in [0.15, 0.2) is 0 Å². The lowest BCUT2D eigenvalue weighted by atomic mass is 10.1. The zero-order chi connectivity index (χ0) is 17.5. The number of non-ortho nitro benzene ring substituents is 1. The number of carbonyl (C=O) groups is 1. The molecule has 0 bridgehead atoms. The number of carbonyl (C=O) groups excluding carboxylic acids is 1. The van der Waals surface area contributed by atoms with E-state index in [0.717, 1.165) is 16.8 Å². The fourth-order valence-corrected chi connectivity index (χ4v) is 2.09. The summed E-state index contributed by atoms with van der Waals surface area (Å²) in [5.41, 5.74) is 6.20. The molecule has 2 aromatic carbocycles. The predicted molar refractivity (Wildman–Crippen MR) is 93.2 cm³/mol. The minimum Gasteiger partial charge on any atom is -0.376 e. The van der Waals surface area contributed by atoms with Gasteiger partial charge in [0.1, 0.15) is 0 Å². The summed E-state index contributed by atoms with van der Waals surface area (Å²) in [6.45, 7) is 4.08. The summed E-state index contributed by atoms with van der Waals surface area (Å²) in [6.07, 6.45) is 1.43. The standard InChI is InChI=1S/C17H18N4O3/c1-12-3-8-16(13(2)9-12)18-11-17(22)20-19-10-14-4-6-15(7-5-14)21(23)24/h3-10,18H,11H2,1-2H3,(H,20,22). The van der Waals surface area contributed by atoms with Crippen molar-refractivity contribution in [2.75, 3.05) is 11.9 Å². The van der Waals surface area contributed by atoms with E-state index in [1.807, 2.05) is 32.0 Å². The third-order valence-corrected chi connectivity index (χ3v) is 3.33. The van der Waals surface area contributed by atoms with E-state index in [1.54, 1.807) is 12.1 Å². The van der Waals surface area contributed by atoms with E-state index >= 15 is 0 Å². The summed E-state index contributed by atoms with van der Waals surface area (Å²) in [5, 5.41) is 17.4. The molecule has 124 valence electrons. The first-order valence-electron chi connectivity index (χ1n) is 7.33. The second kappa shape index (κ2) is 7.87. The molecule has 0 fully saturated rings. The number of benzene rings is 2. The molecule has 0 atom stereocenters. The Balaban J connectivity index is 1.83. The van der Waals surface area contributed by atoms with Crippen molar-refractivity contribution in [3.63, 3.8) is 0 Å². The Morgan fingerprint density at radius 1 is 1.21 bits per heavy atom. The Labute approximate surface area is 139 Å². The molecule has 0 aliphatic heterocycles. The topological polar surface area (TPSA) is 96.6 Å². The zero-order valence-corrected chi connectivity index (χ0v) is 13.4. The molecule has 2 rings (SSSR count). The fourth-order valence-electron chi connectivity index (χ4n) is 2.09. The maximum atomic E-state index is 11.8. The Bertz CT molecular complexity index is 770. The first kappa shape index (κ1) is 17.1. The molecule has 0 aliphatic rings. The van der Waals surface area contributed by atoms with Gasteiger partial charge in [-0.1, -0.05) is 17.7 Å². The van der Waals surface area contributed by atoms with Gasteiger partial charge in [-0.15, -0.1) is 0 Å². The Kier molecular flexibility index (Phi) is 5.62. The second-order valence-electron chi connectivity index (χ2n) is 5.31. The van der Waals surface area contributed by atoms with Crippen LogP contribution in [0.2, 0.25) is 0 Å². The van der Waals surface area contributed by atoms with Crippen LogP contribution in [0.1, 0.15) is 16.7 Å². The number of nitrogens with one attached hydrogen (secondary N) is 2. The first-order valence-corrected chi connectivity index (χ1v) is 7.33. The lowest BCUT2D eigenvalue weighted by Gasteiger charge is -2.09. The Morgan fingerprint density at radius 2 is 1.92 bits per heavy atom. The van der Waals surface area contributed by atoms with Gasteiger partial charge in [-0.05, 0) is 43.2 Å². The van der Waals surface area contributed by atoms with Crippen LogP contribution in [0.15, 0.2) is 47.6 Å². The largest absolute Gasteiger partial charge is 0.376 e. The van der Waals surface area contributed by atoms with Crippen molar-refractivity contribution in [3.05, 3.63) is 69.3 Å². The molecule has 7 nitrogen and oxygen atoms in total. The highest BCUT2D eigenvalue weighted by Crippen LogP contribution is 2.15. The van der Waals surface area contributed by atoms with Crippen LogP contribution in [0.5, 0.6) is 0 Å². The van der Waals surface area contributed by atoms with Crippen molar-refractivity contribution in [2.45, 2.75) is 13.8 Å². The average Bonchev–Trinajstić information content (AvgIpc) is 2.54. The lowest BCUT2D eigenvalue weighted by Crippen LogP contribution is -2.26. The van der Waals surface area contributed by atoms with Gasteiger partial charge in [0.2, 0.25) is 0 Å². The third-order valence-electron chi connectivity index (χ3n) is 3.33. The van der Waals surface area contributed by atoms with Gasteiger partial charge >= 0.3 is 0 Å². The van der Waals surface area contributed by atoms with Gasteiger partial charge in [0.25, 0.3) is 11.6 Å². The summed E-state index contributed by atoms with van der Waals surface area (Å²) >= 11 is 0. The molecule has 0 radical (unpaired) electrons. The van der Waals surface area contributed by atoms with E-state index < -0.39 is 4.92 Å². The van der Waals surface area contributed by atoms with Crippen molar-refractivity contribution < 1.29 is 9.72 Å². The van der Waals surface area contributed by atoms with E-state index in [1.165, 1.54) is 18.3 Å². The molecule has 2 aromatic rings. The second-order valence-corrected chi connectivity index (χ2v) is 5.31. The minimum absolute atomic E-state index is 0.00820. The van der Waals surface area contributed by atoms with Crippen molar-refractivity contribution in [1.29, 1.82) is 0 Å². The van der Waals surface area contributed by atoms with Crippen molar-refractivity contribution >= 4 is 23.5 Å². The van der Waals surface area contributed by atoms with Crippen LogP contribution in [0, 0.1) is 24.0 Å². The van der Waals surface area contributed by atoms with E-state index in [0.29, 0.717) is 5.56 Å². The summed E-state index contributed by atoms with van der Waals surface area (Å²) in [4.78, 5) is 21.8. The smallest absolute Gasteiger partial charge is 0.269 e. The molecule has 0 saturated carbocycles. The van der Waals surface area contributed by atoms with Gasteiger partial charge in [-0.25, -0.2) is 5.43 Å². The van der Waals surface area contributed by atoms with Gasteiger partial charge in [-0.3, -0.25) is 14.9 Å². The van der Waals surface area contributed by atoms with Crippen LogP contribution in [0.3, 0.4) is 0 Å². The lowest BCUT2D eigenvalue weighted by molar-refractivity contribution is -0.384. The summed E-state index contributed by atoms with van der Waals surface area (Å²) in [7, 11) is 0. The molecule has 2 N–H and O–H groups in total. The highest BCUT2D eigenvalue weighted by molar-refractivity contribution is 5.84. The van der Waals surface area contributed by atoms with Crippen molar-refractivity contribution in [3.8, 4) is 0 Å². The number of hydrogen-bond acceptors (Lipinski definition) is 5. The fraction of sp³-hybridized carbons (Fsp3) is 0.176. The monoisotopic (exact) mass is 326 g/mol. The maximum absolute atomic E-state index is 11.8. The molecule has 0 heterocycles. The number of hydrogen-bond donors (Lipinski definition) is 2. The van der Waals surface area contributed by atoms with E-state index in [-0.39, 0.29) is 18.1 Å². The number of anilines is 1. The van der Waals surface area contributed by atoms with Crippen LogP contribution in [-0.4, -0.2) is 23.6 Å². The summed E-state index contributed by atoms with van der Waals surface area (Å²) < 4.78 is 0. The van der Waals surface area contributed by atoms with Crippen LogP contribution in [-0.2, 0) is 4.79 Å². The van der Waals surface area contributed by atoms with Gasteiger partial charge in [0, 0.05) is 17.8 Å². The minimum atomic E-state index is -0.471.